The highest BCUT2D eigenvalue weighted by atomic mass is 16.1. The van der Waals surface area contributed by atoms with Crippen LogP contribution >= 0.6 is 0 Å². The van der Waals surface area contributed by atoms with Gasteiger partial charge in [-0.25, -0.2) is 0 Å². The van der Waals surface area contributed by atoms with E-state index >= 15 is 0 Å². The maximum atomic E-state index is 11.5. The molecule has 0 unspecified atom stereocenters. The van der Waals surface area contributed by atoms with Crippen LogP contribution in [0.1, 0.15) is 39.8 Å². The van der Waals surface area contributed by atoms with Gasteiger partial charge in [-0.3, -0.25) is 14.3 Å². The number of ketones is 2. The van der Waals surface area contributed by atoms with E-state index in [1.165, 1.54) is 0 Å². The molecule has 0 N–H and O–H groups in total. The molecule has 0 saturated heterocycles. The third kappa shape index (κ3) is 4.39. The van der Waals surface area contributed by atoms with E-state index in [-0.39, 0.29) is 23.4 Å². The van der Waals surface area contributed by atoms with Crippen molar-refractivity contribution in [2.45, 2.75) is 47.1 Å². The van der Waals surface area contributed by atoms with Gasteiger partial charge in [-0.15, -0.1) is 5.10 Å². The summed E-state index contributed by atoms with van der Waals surface area (Å²) in [6.07, 6.45) is 2.52. The standard InChI is InChI=1S/C13H21N3O2/c1-9(2)12(17)5-6-16-8-11(14-15-16)7-13(18)10(3)4/h8-10H,5-7H2,1-4H3. The summed E-state index contributed by atoms with van der Waals surface area (Å²) in [7, 11) is 0. The number of rotatable bonds is 7. The van der Waals surface area contributed by atoms with Crippen molar-refractivity contribution in [1.82, 2.24) is 15.0 Å². The van der Waals surface area contributed by atoms with Gasteiger partial charge >= 0.3 is 0 Å². The van der Waals surface area contributed by atoms with Gasteiger partial charge in [-0.1, -0.05) is 32.9 Å². The Morgan fingerprint density at radius 1 is 1.17 bits per heavy atom. The molecule has 0 atom stereocenters. The Morgan fingerprint density at radius 2 is 1.78 bits per heavy atom. The smallest absolute Gasteiger partial charge is 0.141 e. The molecule has 100 valence electrons. The molecule has 0 aliphatic rings. The lowest BCUT2D eigenvalue weighted by Gasteiger charge is -2.03. The first-order valence-corrected chi connectivity index (χ1v) is 6.34. The molecule has 1 aromatic rings. The summed E-state index contributed by atoms with van der Waals surface area (Å²) in [6, 6.07) is 0. The first-order chi connectivity index (χ1) is 8.40. The van der Waals surface area contributed by atoms with Gasteiger partial charge in [-0.05, 0) is 0 Å². The lowest BCUT2D eigenvalue weighted by Crippen LogP contribution is -2.11. The van der Waals surface area contributed by atoms with Crippen LogP contribution in [0.15, 0.2) is 6.20 Å². The maximum absolute atomic E-state index is 11.5. The number of nitrogens with zero attached hydrogens (tertiary/aromatic N) is 3. The first-order valence-electron chi connectivity index (χ1n) is 6.34. The number of carbonyl (C=O) groups excluding carboxylic acids is 2. The Hall–Kier alpha value is -1.52. The predicted molar refractivity (Wildman–Crippen MR) is 68.0 cm³/mol. The minimum Gasteiger partial charge on any atom is -0.299 e. The highest BCUT2D eigenvalue weighted by Gasteiger charge is 2.12. The van der Waals surface area contributed by atoms with Crippen LogP contribution in [0.3, 0.4) is 0 Å². The van der Waals surface area contributed by atoms with E-state index in [4.69, 9.17) is 0 Å². The number of hydrogen-bond acceptors (Lipinski definition) is 4. The van der Waals surface area contributed by atoms with E-state index in [9.17, 15) is 9.59 Å². The summed E-state index contributed by atoms with van der Waals surface area (Å²) >= 11 is 0. The minimum absolute atomic E-state index is 0.0117. The zero-order chi connectivity index (χ0) is 13.7. The van der Waals surface area contributed by atoms with Crippen molar-refractivity contribution in [2.24, 2.45) is 11.8 Å². The maximum Gasteiger partial charge on any atom is 0.141 e. The first kappa shape index (κ1) is 14.5. The zero-order valence-corrected chi connectivity index (χ0v) is 11.5. The van der Waals surface area contributed by atoms with E-state index < -0.39 is 0 Å². The van der Waals surface area contributed by atoms with E-state index in [2.05, 4.69) is 10.3 Å². The van der Waals surface area contributed by atoms with Gasteiger partial charge in [0.25, 0.3) is 0 Å². The molecule has 1 rings (SSSR count). The Morgan fingerprint density at radius 3 is 2.33 bits per heavy atom. The van der Waals surface area contributed by atoms with Crippen LogP contribution in [0.5, 0.6) is 0 Å². The van der Waals surface area contributed by atoms with Gasteiger partial charge in [0.05, 0.1) is 12.1 Å². The second-order valence-electron chi connectivity index (χ2n) is 5.14. The predicted octanol–water partition coefficient (Wildman–Crippen LogP) is 1.66. The quantitative estimate of drug-likeness (QED) is 0.739. The number of hydrogen-bond donors (Lipinski definition) is 0. The Labute approximate surface area is 108 Å². The minimum atomic E-state index is 0.0117. The number of carbonyl (C=O) groups is 2. The summed E-state index contributed by atoms with van der Waals surface area (Å²) < 4.78 is 1.63. The fourth-order valence-electron chi connectivity index (χ4n) is 1.42. The highest BCUT2D eigenvalue weighted by molar-refractivity contribution is 5.82. The third-order valence-corrected chi connectivity index (χ3v) is 2.82. The molecule has 0 aliphatic carbocycles. The SMILES string of the molecule is CC(C)C(=O)CCn1cc(CC(=O)C(C)C)nn1. The van der Waals surface area contributed by atoms with Gasteiger partial charge in [0.1, 0.15) is 11.6 Å². The summed E-state index contributed by atoms with van der Waals surface area (Å²) in [5.41, 5.74) is 0.672. The van der Waals surface area contributed by atoms with Crippen LogP contribution < -0.4 is 0 Å². The third-order valence-electron chi connectivity index (χ3n) is 2.82. The molecular formula is C13H21N3O2. The molecule has 5 heteroatoms. The van der Waals surface area contributed by atoms with Gasteiger partial charge in [0, 0.05) is 31.0 Å². The molecule has 0 saturated carbocycles. The van der Waals surface area contributed by atoms with Gasteiger partial charge < -0.3 is 0 Å². The van der Waals surface area contributed by atoms with Crippen LogP contribution in [0.25, 0.3) is 0 Å². The molecule has 1 heterocycles. The molecular weight excluding hydrogens is 230 g/mol. The van der Waals surface area contributed by atoms with E-state index in [1.54, 1.807) is 10.9 Å². The van der Waals surface area contributed by atoms with Crippen LogP contribution in [-0.4, -0.2) is 26.6 Å². The average molecular weight is 251 g/mol. The molecule has 5 nitrogen and oxygen atoms in total. The van der Waals surface area contributed by atoms with E-state index in [0.29, 0.717) is 25.1 Å². The Kier molecular flexibility index (Phi) is 5.19. The van der Waals surface area contributed by atoms with Crippen LogP contribution in [0.4, 0.5) is 0 Å². The van der Waals surface area contributed by atoms with Crippen molar-refractivity contribution in [3.63, 3.8) is 0 Å². The highest BCUT2D eigenvalue weighted by Crippen LogP contribution is 2.04. The number of aryl methyl sites for hydroxylation is 1. The molecule has 0 spiro atoms. The molecule has 18 heavy (non-hydrogen) atoms. The molecule has 0 amide bonds. The van der Waals surface area contributed by atoms with Gasteiger partial charge in [0.2, 0.25) is 0 Å². The molecule has 0 fully saturated rings. The van der Waals surface area contributed by atoms with Crippen LogP contribution in [0, 0.1) is 11.8 Å². The fraction of sp³-hybridized carbons (Fsp3) is 0.692. The molecule has 0 aliphatic heterocycles. The van der Waals surface area contributed by atoms with Crippen molar-refractivity contribution in [2.75, 3.05) is 0 Å². The van der Waals surface area contributed by atoms with E-state index in [0.717, 1.165) is 0 Å². The molecule has 0 radical (unpaired) electrons. The summed E-state index contributed by atoms with van der Waals surface area (Å²) in [5.74, 6) is 0.429. The van der Waals surface area contributed by atoms with Crippen molar-refractivity contribution < 1.29 is 9.59 Å². The number of Topliss-reactive ketones (excluding diaryl/α,β-unsaturated/α-hetero) is 2. The monoisotopic (exact) mass is 251 g/mol. The zero-order valence-electron chi connectivity index (χ0n) is 11.5. The summed E-state index contributed by atoms with van der Waals surface area (Å²) in [5, 5.41) is 7.86. The fourth-order valence-corrected chi connectivity index (χ4v) is 1.42. The summed E-state index contributed by atoms with van der Waals surface area (Å²) in [6.45, 7) is 8.04. The van der Waals surface area contributed by atoms with Gasteiger partial charge in [-0.2, -0.15) is 0 Å². The Bertz CT molecular complexity index is 422. The Balaban J connectivity index is 2.48. The van der Waals surface area contributed by atoms with Crippen molar-refractivity contribution in [3.05, 3.63) is 11.9 Å². The number of aromatic nitrogens is 3. The molecule has 0 bridgehead atoms. The second kappa shape index (κ2) is 6.42. The topological polar surface area (TPSA) is 64.8 Å². The lowest BCUT2D eigenvalue weighted by atomic mass is 10.1. The van der Waals surface area contributed by atoms with Crippen LogP contribution in [0.2, 0.25) is 0 Å². The molecule has 0 aromatic carbocycles. The second-order valence-corrected chi connectivity index (χ2v) is 5.14. The van der Waals surface area contributed by atoms with Crippen molar-refractivity contribution in [3.8, 4) is 0 Å². The molecule has 1 aromatic heterocycles. The van der Waals surface area contributed by atoms with Crippen LogP contribution in [-0.2, 0) is 22.6 Å². The van der Waals surface area contributed by atoms with Crippen molar-refractivity contribution >= 4 is 11.6 Å². The van der Waals surface area contributed by atoms with E-state index in [1.807, 2.05) is 27.7 Å². The largest absolute Gasteiger partial charge is 0.299 e. The normalized spacial score (nSPS) is 11.2. The van der Waals surface area contributed by atoms with Crippen molar-refractivity contribution in [1.29, 1.82) is 0 Å². The average Bonchev–Trinajstić information content (AvgIpc) is 2.73. The van der Waals surface area contributed by atoms with Gasteiger partial charge in [0.15, 0.2) is 0 Å². The lowest BCUT2D eigenvalue weighted by molar-refractivity contribution is -0.122. The summed E-state index contributed by atoms with van der Waals surface area (Å²) in [4.78, 5) is 23.0.